The monoisotopic (exact) mass is 297 g/mol. The minimum Gasteiger partial charge on any atom is -0.480 e. The van der Waals surface area contributed by atoms with E-state index < -0.39 is 5.97 Å². The number of rotatable bonds is 4. The molecule has 2 fully saturated rings. The quantitative estimate of drug-likeness (QED) is 0.810. The van der Waals surface area contributed by atoms with Crippen LogP contribution in [0.5, 0.6) is 0 Å². The lowest BCUT2D eigenvalue weighted by Crippen LogP contribution is -2.45. The highest BCUT2D eigenvalue weighted by atomic mass is 16.4. The molecule has 0 aromatic carbocycles. The van der Waals surface area contributed by atoms with Gasteiger partial charge in [-0.1, -0.05) is 6.92 Å². The molecule has 0 aromatic heterocycles. The highest BCUT2D eigenvalue weighted by Gasteiger charge is 2.24. The molecule has 0 radical (unpaired) electrons. The Kier molecular flexibility index (Phi) is 5.99. The molecule has 2 rings (SSSR count). The Morgan fingerprint density at radius 1 is 1.00 bits per heavy atom. The highest BCUT2D eigenvalue weighted by molar-refractivity contribution is 5.78. The summed E-state index contributed by atoms with van der Waals surface area (Å²) in [7, 11) is 0. The van der Waals surface area contributed by atoms with E-state index >= 15 is 0 Å². The number of carboxylic acids is 1. The van der Waals surface area contributed by atoms with E-state index in [1.54, 1.807) is 0 Å². The lowest BCUT2D eigenvalue weighted by Gasteiger charge is -2.32. The van der Waals surface area contributed by atoms with Gasteiger partial charge in [0.2, 0.25) is 5.91 Å². The zero-order chi connectivity index (χ0) is 15.2. The Morgan fingerprint density at radius 3 is 2.29 bits per heavy atom. The van der Waals surface area contributed by atoms with Crippen molar-refractivity contribution < 1.29 is 14.7 Å². The Morgan fingerprint density at radius 2 is 1.67 bits per heavy atom. The molecule has 120 valence electrons. The number of aliphatic carboxylic acids is 1. The lowest BCUT2D eigenvalue weighted by atomic mass is 10.0. The highest BCUT2D eigenvalue weighted by Crippen LogP contribution is 2.15. The van der Waals surface area contributed by atoms with E-state index in [1.807, 2.05) is 9.80 Å². The van der Waals surface area contributed by atoms with E-state index in [2.05, 4.69) is 11.8 Å². The van der Waals surface area contributed by atoms with Gasteiger partial charge < -0.3 is 10.0 Å². The Bertz CT molecular complexity index is 375. The van der Waals surface area contributed by atoms with Crippen LogP contribution in [0.15, 0.2) is 0 Å². The van der Waals surface area contributed by atoms with Crippen molar-refractivity contribution in [3.8, 4) is 0 Å². The fourth-order valence-electron chi connectivity index (χ4n) is 3.24. The fourth-order valence-corrected chi connectivity index (χ4v) is 3.24. The summed E-state index contributed by atoms with van der Waals surface area (Å²) in [6.07, 6.45) is 3.26. The normalized spacial score (nSPS) is 25.6. The van der Waals surface area contributed by atoms with Crippen LogP contribution in [0.4, 0.5) is 0 Å². The van der Waals surface area contributed by atoms with Crippen molar-refractivity contribution in [1.82, 2.24) is 14.7 Å². The number of nitrogens with zero attached hydrogens (tertiary/aromatic N) is 3. The molecule has 0 saturated carbocycles. The third kappa shape index (κ3) is 5.28. The number of carbonyl (C=O) groups is 2. The summed E-state index contributed by atoms with van der Waals surface area (Å²) in [4.78, 5) is 29.2. The maximum Gasteiger partial charge on any atom is 0.317 e. The average molecular weight is 297 g/mol. The molecule has 6 heteroatoms. The first kappa shape index (κ1) is 16.2. The molecule has 2 aliphatic heterocycles. The summed E-state index contributed by atoms with van der Waals surface area (Å²) in [6, 6.07) is 0. The van der Waals surface area contributed by atoms with Crippen molar-refractivity contribution in [2.24, 2.45) is 5.92 Å². The van der Waals surface area contributed by atoms with Crippen LogP contribution < -0.4 is 0 Å². The van der Waals surface area contributed by atoms with Crippen LogP contribution in [0, 0.1) is 5.92 Å². The van der Waals surface area contributed by atoms with Crippen molar-refractivity contribution in [2.45, 2.75) is 26.2 Å². The summed E-state index contributed by atoms with van der Waals surface area (Å²) in [5.74, 6) is 0.0629. The largest absolute Gasteiger partial charge is 0.480 e. The fraction of sp³-hybridized carbons (Fsp3) is 0.867. The second kappa shape index (κ2) is 7.75. The first-order valence-corrected chi connectivity index (χ1v) is 7.99. The van der Waals surface area contributed by atoms with Gasteiger partial charge in [-0.3, -0.25) is 19.4 Å². The third-order valence-electron chi connectivity index (χ3n) is 4.41. The van der Waals surface area contributed by atoms with Gasteiger partial charge in [-0.05, 0) is 31.7 Å². The number of hydrogen-bond acceptors (Lipinski definition) is 4. The lowest BCUT2D eigenvalue weighted by molar-refractivity contribution is -0.138. The molecule has 0 aliphatic carbocycles. The Labute approximate surface area is 126 Å². The molecule has 2 heterocycles. The Balaban J connectivity index is 1.77. The molecule has 0 spiro atoms. The Hall–Kier alpha value is -1.14. The van der Waals surface area contributed by atoms with E-state index in [1.165, 1.54) is 6.42 Å². The van der Waals surface area contributed by atoms with Gasteiger partial charge in [0.25, 0.3) is 0 Å². The van der Waals surface area contributed by atoms with Gasteiger partial charge in [-0.2, -0.15) is 0 Å². The molecule has 0 aromatic rings. The molecule has 1 unspecified atom stereocenters. The number of piperidine rings is 1. The van der Waals surface area contributed by atoms with Crippen LogP contribution in [-0.2, 0) is 9.59 Å². The van der Waals surface area contributed by atoms with E-state index in [0.717, 1.165) is 52.1 Å². The number of amides is 1. The minimum atomic E-state index is -0.776. The summed E-state index contributed by atoms with van der Waals surface area (Å²) < 4.78 is 0. The van der Waals surface area contributed by atoms with Gasteiger partial charge >= 0.3 is 5.97 Å². The van der Waals surface area contributed by atoms with Crippen LogP contribution >= 0.6 is 0 Å². The average Bonchev–Trinajstić information content (AvgIpc) is 2.64. The van der Waals surface area contributed by atoms with Crippen molar-refractivity contribution in [2.75, 3.05) is 52.4 Å². The minimum absolute atomic E-state index is 0.103. The number of carbonyl (C=O) groups excluding carboxylic acids is 1. The number of hydrogen-bond donors (Lipinski definition) is 1. The topological polar surface area (TPSA) is 64.1 Å². The molecule has 0 bridgehead atoms. The smallest absolute Gasteiger partial charge is 0.317 e. The second-order valence-corrected chi connectivity index (χ2v) is 6.39. The zero-order valence-electron chi connectivity index (χ0n) is 13.0. The predicted molar refractivity (Wildman–Crippen MR) is 80.1 cm³/mol. The zero-order valence-corrected chi connectivity index (χ0v) is 13.0. The third-order valence-corrected chi connectivity index (χ3v) is 4.41. The maximum atomic E-state index is 12.4. The van der Waals surface area contributed by atoms with E-state index in [0.29, 0.717) is 12.5 Å². The summed E-state index contributed by atoms with van der Waals surface area (Å²) >= 11 is 0. The number of carboxylic acid groups (broad SMARTS) is 1. The van der Waals surface area contributed by atoms with Crippen LogP contribution in [0.3, 0.4) is 0 Å². The van der Waals surface area contributed by atoms with Gasteiger partial charge in [-0.25, -0.2) is 0 Å². The maximum absolute atomic E-state index is 12.4. The first-order valence-electron chi connectivity index (χ1n) is 7.99. The van der Waals surface area contributed by atoms with Crippen LogP contribution in [0.25, 0.3) is 0 Å². The molecule has 1 N–H and O–H groups in total. The predicted octanol–water partition coefficient (Wildman–Crippen LogP) is 0.337. The molecule has 2 aliphatic rings. The summed E-state index contributed by atoms with van der Waals surface area (Å²) in [5, 5.41) is 8.85. The van der Waals surface area contributed by atoms with Crippen molar-refractivity contribution in [3.05, 3.63) is 0 Å². The van der Waals surface area contributed by atoms with Crippen molar-refractivity contribution >= 4 is 11.9 Å². The molecule has 2 saturated heterocycles. The van der Waals surface area contributed by atoms with Gasteiger partial charge in [0, 0.05) is 32.7 Å². The molecule has 21 heavy (non-hydrogen) atoms. The van der Waals surface area contributed by atoms with E-state index in [-0.39, 0.29) is 12.5 Å². The van der Waals surface area contributed by atoms with Gasteiger partial charge in [0.1, 0.15) is 0 Å². The van der Waals surface area contributed by atoms with Gasteiger partial charge in [-0.15, -0.1) is 0 Å². The molecular formula is C15H27N3O3. The SMILES string of the molecule is CC1CCCN(C(=O)CN2CCCN(CC(=O)O)CC2)C1. The molecule has 1 atom stereocenters. The van der Waals surface area contributed by atoms with Gasteiger partial charge in [0.15, 0.2) is 0 Å². The number of likely N-dealkylation sites (tertiary alicyclic amines) is 1. The van der Waals surface area contributed by atoms with Crippen LogP contribution in [-0.4, -0.2) is 84.0 Å². The van der Waals surface area contributed by atoms with Crippen LogP contribution in [0.2, 0.25) is 0 Å². The molecule has 1 amide bonds. The molecule has 6 nitrogen and oxygen atoms in total. The van der Waals surface area contributed by atoms with E-state index in [9.17, 15) is 9.59 Å². The van der Waals surface area contributed by atoms with Crippen molar-refractivity contribution in [3.63, 3.8) is 0 Å². The van der Waals surface area contributed by atoms with Gasteiger partial charge in [0.05, 0.1) is 13.1 Å². The first-order chi connectivity index (χ1) is 10.0. The van der Waals surface area contributed by atoms with E-state index in [4.69, 9.17) is 5.11 Å². The van der Waals surface area contributed by atoms with Crippen LogP contribution in [0.1, 0.15) is 26.2 Å². The molecular weight excluding hydrogens is 270 g/mol. The van der Waals surface area contributed by atoms with Crippen molar-refractivity contribution in [1.29, 1.82) is 0 Å². The second-order valence-electron chi connectivity index (χ2n) is 6.39. The standard InChI is InChI=1S/C15H27N3O3/c1-13-4-2-7-18(10-13)14(19)11-16-5-3-6-17(9-8-16)12-15(20)21/h13H,2-12H2,1H3,(H,20,21). The summed E-state index contributed by atoms with van der Waals surface area (Å²) in [5.41, 5.74) is 0. The summed E-state index contributed by atoms with van der Waals surface area (Å²) in [6.45, 7) is 7.76.